The molecule has 0 unspecified atom stereocenters. The average Bonchev–Trinajstić information content (AvgIpc) is 2.90. The number of aromatic nitrogens is 2. The van der Waals surface area contributed by atoms with E-state index in [1.807, 2.05) is 30.3 Å². The Bertz CT molecular complexity index is 934. The van der Waals surface area contributed by atoms with Crippen molar-refractivity contribution in [3.63, 3.8) is 0 Å². The lowest BCUT2D eigenvalue weighted by Crippen LogP contribution is -1.85. The van der Waals surface area contributed by atoms with Crippen LogP contribution in [0.4, 0.5) is 5.69 Å². The zero-order valence-electron chi connectivity index (χ0n) is 10.9. The van der Waals surface area contributed by atoms with Crippen LogP contribution in [0.25, 0.3) is 33.5 Å². The molecule has 0 saturated carbocycles. The molecule has 0 atom stereocenters. The van der Waals surface area contributed by atoms with Crippen LogP contribution in [0.3, 0.4) is 0 Å². The van der Waals surface area contributed by atoms with Crippen LogP contribution in [0.2, 0.25) is 5.02 Å². The molecule has 102 valence electrons. The van der Waals surface area contributed by atoms with Crippen LogP contribution >= 0.6 is 11.6 Å². The number of oxazole rings is 1. The lowest BCUT2D eigenvalue weighted by atomic mass is 10.1. The van der Waals surface area contributed by atoms with Gasteiger partial charge in [-0.25, -0.2) is 4.98 Å². The summed E-state index contributed by atoms with van der Waals surface area (Å²) in [5.74, 6) is 0.533. The van der Waals surface area contributed by atoms with Crippen molar-refractivity contribution in [2.45, 2.75) is 0 Å². The van der Waals surface area contributed by atoms with Crippen molar-refractivity contribution < 1.29 is 4.42 Å². The number of benzene rings is 2. The predicted octanol–water partition coefficient (Wildman–Crippen LogP) is 4.28. The minimum atomic E-state index is 0.474. The Morgan fingerprint density at radius 2 is 1.90 bits per heavy atom. The van der Waals surface area contributed by atoms with Crippen molar-refractivity contribution in [3.05, 3.63) is 53.7 Å². The largest absolute Gasteiger partial charge is 0.436 e. The summed E-state index contributed by atoms with van der Waals surface area (Å²) in [6.07, 6.45) is 1.74. The van der Waals surface area contributed by atoms with Crippen molar-refractivity contribution in [2.75, 3.05) is 5.73 Å². The molecule has 4 nitrogen and oxygen atoms in total. The highest BCUT2D eigenvalue weighted by Gasteiger charge is 2.13. The van der Waals surface area contributed by atoms with Crippen molar-refractivity contribution in [3.8, 4) is 11.5 Å². The van der Waals surface area contributed by atoms with Gasteiger partial charge in [0.2, 0.25) is 5.89 Å². The Morgan fingerprint density at radius 3 is 2.81 bits per heavy atom. The fourth-order valence-electron chi connectivity index (χ4n) is 2.36. The van der Waals surface area contributed by atoms with Gasteiger partial charge in [-0.1, -0.05) is 29.8 Å². The van der Waals surface area contributed by atoms with E-state index in [0.29, 0.717) is 27.7 Å². The number of nitrogens with two attached hydrogens (primary N) is 1. The Balaban J connectivity index is 2.00. The minimum Gasteiger partial charge on any atom is -0.436 e. The zero-order chi connectivity index (χ0) is 14.4. The van der Waals surface area contributed by atoms with E-state index in [1.54, 1.807) is 18.3 Å². The average molecular weight is 296 g/mol. The number of halogens is 1. The monoisotopic (exact) mass is 295 g/mol. The van der Waals surface area contributed by atoms with Crippen molar-refractivity contribution in [2.24, 2.45) is 0 Å². The van der Waals surface area contributed by atoms with E-state index in [1.165, 1.54) is 0 Å². The molecule has 0 bridgehead atoms. The fraction of sp³-hybridized carbons (Fsp3) is 0. The van der Waals surface area contributed by atoms with Gasteiger partial charge in [-0.2, -0.15) is 0 Å². The number of rotatable bonds is 1. The van der Waals surface area contributed by atoms with Crippen LogP contribution in [-0.4, -0.2) is 9.97 Å². The minimum absolute atomic E-state index is 0.474. The summed E-state index contributed by atoms with van der Waals surface area (Å²) in [6.45, 7) is 0. The van der Waals surface area contributed by atoms with Gasteiger partial charge in [0.05, 0.1) is 16.2 Å². The summed E-state index contributed by atoms with van der Waals surface area (Å²) in [7, 11) is 0. The number of anilines is 1. The number of para-hydroxylation sites is 1. The molecule has 4 rings (SSSR count). The molecule has 2 N–H and O–H groups in total. The van der Waals surface area contributed by atoms with E-state index in [4.69, 9.17) is 21.8 Å². The molecule has 4 aromatic rings. The van der Waals surface area contributed by atoms with Gasteiger partial charge in [-0.05, 0) is 18.2 Å². The van der Waals surface area contributed by atoms with Gasteiger partial charge in [-0.15, -0.1) is 0 Å². The standard InChI is InChI=1S/C16H10ClN3O/c17-11-7-14-15(8-12(11)18)21-16(20-14)10-5-6-19-13-4-2-1-3-9(10)13/h1-8H,18H2. The van der Waals surface area contributed by atoms with Crippen LogP contribution in [0, 0.1) is 0 Å². The zero-order valence-corrected chi connectivity index (χ0v) is 11.6. The number of pyridine rings is 1. The third-order valence-electron chi connectivity index (χ3n) is 3.39. The Morgan fingerprint density at radius 1 is 1.05 bits per heavy atom. The summed E-state index contributed by atoms with van der Waals surface area (Å²) in [5.41, 5.74) is 9.37. The smallest absolute Gasteiger partial charge is 0.228 e. The third kappa shape index (κ3) is 1.92. The predicted molar refractivity (Wildman–Crippen MR) is 84.2 cm³/mol. The number of hydrogen-bond acceptors (Lipinski definition) is 4. The van der Waals surface area contributed by atoms with Crippen molar-refractivity contribution >= 4 is 39.3 Å². The molecule has 0 saturated heterocycles. The quantitative estimate of drug-likeness (QED) is 0.532. The molecule has 2 aromatic carbocycles. The molecule has 0 fully saturated rings. The van der Waals surface area contributed by atoms with Gasteiger partial charge < -0.3 is 10.2 Å². The Labute approximate surface area is 125 Å². The Hall–Kier alpha value is -2.59. The lowest BCUT2D eigenvalue weighted by molar-refractivity contribution is 0.620. The van der Waals surface area contributed by atoms with Crippen LogP contribution in [0.5, 0.6) is 0 Å². The van der Waals surface area contributed by atoms with Gasteiger partial charge in [0, 0.05) is 23.2 Å². The number of nitrogens with zero attached hydrogens (tertiary/aromatic N) is 2. The molecule has 0 amide bonds. The van der Waals surface area contributed by atoms with Crippen LogP contribution < -0.4 is 5.73 Å². The first-order valence-corrected chi connectivity index (χ1v) is 6.80. The molecule has 5 heteroatoms. The van der Waals surface area contributed by atoms with E-state index in [0.717, 1.165) is 16.5 Å². The van der Waals surface area contributed by atoms with Crippen LogP contribution in [-0.2, 0) is 0 Å². The van der Waals surface area contributed by atoms with E-state index in [2.05, 4.69) is 9.97 Å². The first-order valence-electron chi connectivity index (χ1n) is 6.42. The molecular formula is C16H10ClN3O. The molecule has 0 aliphatic carbocycles. The Kier molecular flexibility index (Phi) is 2.59. The SMILES string of the molecule is Nc1cc2oc(-c3ccnc4ccccc34)nc2cc1Cl. The highest BCUT2D eigenvalue weighted by atomic mass is 35.5. The second-order valence-electron chi connectivity index (χ2n) is 4.74. The molecule has 0 radical (unpaired) electrons. The van der Waals surface area contributed by atoms with Crippen LogP contribution in [0.1, 0.15) is 0 Å². The van der Waals surface area contributed by atoms with Crippen molar-refractivity contribution in [1.82, 2.24) is 9.97 Å². The van der Waals surface area contributed by atoms with E-state index < -0.39 is 0 Å². The first-order chi connectivity index (χ1) is 10.2. The molecule has 0 spiro atoms. The topological polar surface area (TPSA) is 64.9 Å². The molecule has 0 aliphatic heterocycles. The summed E-state index contributed by atoms with van der Waals surface area (Å²) < 4.78 is 5.82. The fourth-order valence-corrected chi connectivity index (χ4v) is 2.52. The number of hydrogen-bond donors (Lipinski definition) is 1. The second kappa shape index (κ2) is 4.46. The number of fused-ring (bicyclic) bond motifs is 2. The summed E-state index contributed by atoms with van der Waals surface area (Å²) in [6, 6.07) is 13.2. The maximum absolute atomic E-state index is 6.02. The summed E-state index contributed by atoms with van der Waals surface area (Å²) in [4.78, 5) is 8.84. The first kappa shape index (κ1) is 12.2. The van der Waals surface area contributed by atoms with E-state index >= 15 is 0 Å². The lowest BCUT2D eigenvalue weighted by Gasteiger charge is -2.01. The molecule has 2 aromatic heterocycles. The van der Waals surface area contributed by atoms with E-state index in [-0.39, 0.29) is 0 Å². The maximum Gasteiger partial charge on any atom is 0.228 e. The summed E-state index contributed by atoms with van der Waals surface area (Å²) in [5, 5.41) is 1.47. The maximum atomic E-state index is 6.02. The second-order valence-corrected chi connectivity index (χ2v) is 5.14. The molecular weight excluding hydrogens is 286 g/mol. The highest BCUT2D eigenvalue weighted by Crippen LogP contribution is 2.32. The van der Waals surface area contributed by atoms with Gasteiger partial charge in [-0.3, -0.25) is 4.98 Å². The normalized spacial score (nSPS) is 11.3. The van der Waals surface area contributed by atoms with Gasteiger partial charge >= 0.3 is 0 Å². The van der Waals surface area contributed by atoms with Crippen LogP contribution in [0.15, 0.2) is 53.1 Å². The molecule has 2 heterocycles. The molecule has 0 aliphatic rings. The van der Waals surface area contributed by atoms with Crippen molar-refractivity contribution in [1.29, 1.82) is 0 Å². The number of nitrogen functional groups attached to an aromatic ring is 1. The third-order valence-corrected chi connectivity index (χ3v) is 3.71. The van der Waals surface area contributed by atoms with Gasteiger partial charge in [0.15, 0.2) is 5.58 Å². The summed E-state index contributed by atoms with van der Waals surface area (Å²) >= 11 is 6.02. The van der Waals surface area contributed by atoms with Gasteiger partial charge in [0.25, 0.3) is 0 Å². The highest BCUT2D eigenvalue weighted by molar-refractivity contribution is 6.33. The molecule has 21 heavy (non-hydrogen) atoms. The van der Waals surface area contributed by atoms with Gasteiger partial charge in [0.1, 0.15) is 5.52 Å². The van der Waals surface area contributed by atoms with E-state index in [9.17, 15) is 0 Å².